The molecule has 8 aromatic carbocycles. The Morgan fingerprint density at radius 2 is 1.10 bits per heavy atom. The number of nitrogens with zero attached hydrogens (tertiary/aromatic N) is 5. The quantitative estimate of drug-likeness (QED) is 0.160. The van der Waals surface area contributed by atoms with Gasteiger partial charge < -0.3 is 4.57 Å². The molecule has 0 aliphatic heterocycles. The molecule has 0 saturated carbocycles. The molecule has 5 nitrogen and oxygen atoms in total. The number of thiazole rings is 1. The number of hydrogen-bond donors (Lipinski definition) is 0. The molecular formula is C61H43N5S. The second kappa shape index (κ2) is 15.5. The molecule has 11 aromatic rings. The maximum absolute atomic E-state index is 5.13. The summed E-state index contributed by atoms with van der Waals surface area (Å²) in [6, 6.07) is 65.6. The Kier molecular flexibility index (Phi) is 9.12. The molecule has 0 N–H and O–H groups in total. The molecule has 3 heterocycles. The molecule has 6 heteroatoms. The normalized spacial score (nSPS) is 13.9. The van der Waals surface area contributed by atoms with E-state index in [2.05, 4.69) is 200 Å². The number of hydrogen-bond acceptors (Lipinski definition) is 5. The first-order valence-electron chi connectivity index (χ1n) is 23.0. The maximum atomic E-state index is 5.13. The van der Waals surface area contributed by atoms with Crippen molar-refractivity contribution in [3.8, 4) is 72.4 Å². The highest BCUT2D eigenvalue weighted by Crippen LogP contribution is 2.54. The zero-order chi connectivity index (χ0) is 44.6. The van der Waals surface area contributed by atoms with Crippen LogP contribution in [0, 0.1) is 0 Å². The van der Waals surface area contributed by atoms with Crippen molar-refractivity contribution in [3.05, 3.63) is 217 Å². The first-order valence-corrected chi connectivity index (χ1v) is 23.8. The van der Waals surface area contributed by atoms with Crippen LogP contribution in [-0.2, 0) is 5.41 Å². The van der Waals surface area contributed by atoms with E-state index in [1.807, 2.05) is 18.2 Å². The van der Waals surface area contributed by atoms with Gasteiger partial charge in [0.1, 0.15) is 5.01 Å². The largest absolute Gasteiger partial charge is 0.309 e. The van der Waals surface area contributed by atoms with Crippen molar-refractivity contribution in [2.24, 2.45) is 0 Å². The van der Waals surface area contributed by atoms with E-state index in [4.69, 9.17) is 19.9 Å². The molecule has 0 spiro atoms. The van der Waals surface area contributed by atoms with Gasteiger partial charge in [-0.1, -0.05) is 166 Å². The molecule has 0 saturated heterocycles. The van der Waals surface area contributed by atoms with Gasteiger partial charge in [0.15, 0.2) is 17.5 Å². The zero-order valence-electron chi connectivity index (χ0n) is 37.1. The average molecular weight is 878 g/mol. The molecule has 318 valence electrons. The van der Waals surface area contributed by atoms with Gasteiger partial charge in [0.05, 0.1) is 21.3 Å². The van der Waals surface area contributed by atoms with Crippen LogP contribution >= 0.6 is 11.3 Å². The van der Waals surface area contributed by atoms with Gasteiger partial charge in [-0.25, -0.2) is 19.9 Å². The van der Waals surface area contributed by atoms with Gasteiger partial charge in [-0.3, -0.25) is 0 Å². The van der Waals surface area contributed by atoms with Crippen LogP contribution in [0.4, 0.5) is 0 Å². The maximum Gasteiger partial charge on any atom is 0.164 e. The van der Waals surface area contributed by atoms with Crippen LogP contribution < -0.4 is 0 Å². The molecule has 0 bridgehead atoms. The lowest BCUT2D eigenvalue weighted by Gasteiger charge is -2.22. The Morgan fingerprint density at radius 3 is 1.81 bits per heavy atom. The van der Waals surface area contributed by atoms with Crippen molar-refractivity contribution >= 4 is 48.9 Å². The van der Waals surface area contributed by atoms with Gasteiger partial charge in [-0.15, -0.1) is 11.3 Å². The number of aromatic nitrogens is 5. The fourth-order valence-electron chi connectivity index (χ4n) is 10.3. The van der Waals surface area contributed by atoms with E-state index in [1.165, 1.54) is 60.0 Å². The second-order valence-corrected chi connectivity index (χ2v) is 19.2. The summed E-state index contributed by atoms with van der Waals surface area (Å²) in [5.74, 6) is 2.06. The van der Waals surface area contributed by atoms with Crippen LogP contribution in [0.25, 0.3) is 110 Å². The van der Waals surface area contributed by atoms with E-state index in [-0.39, 0.29) is 5.41 Å². The van der Waals surface area contributed by atoms with Crippen molar-refractivity contribution in [2.75, 3.05) is 0 Å². The Hall–Kier alpha value is -8.06. The predicted octanol–water partition coefficient (Wildman–Crippen LogP) is 16.0. The van der Waals surface area contributed by atoms with Crippen molar-refractivity contribution in [2.45, 2.75) is 32.1 Å². The summed E-state index contributed by atoms with van der Waals surface area (Å²) in [5, 5.41) is 3.46. The lowest BCUT2D eigenvalue weighted by molar-refractivity contribution is 0.661. The molecule has 2 aliphatic rings. The fourth-order valence-corrected chi connectivity index (χ4v) is 11.4. The number of fused-ring (bicyclic) bond motifs is 8. The van der Waals surface area contributed by atoms with Gasteiger partial charge in [0.2, 0.25) is 0 Å². The van der Waals surface area contributed by atoms with Crippen LogP contribution in [-0.4, -0.2) is 24.5 Å². The lowest BCUT2D eigenvalue weighted by atomic mass is 9.81. The molecular weight excluding hydrogens is 835 g/mol. The Morgan fingerprint density at radius 1 is 0.493 bits per heavy atom. The summed E-state index contributed by atoms with van der Waals surface area (Å²) in [6.45, 7) is 4.74. The van der Waals surface area contributed by atoms with E-state index in [0.717, 1.165) is 68.2 Å². The standard InChI is InChI=1S/C61H43N5S/c1-61(2)50-30-31-52-56(67-60(62-52)41-22-13-6-14-23-41)55(50)47-29-26-44(37-51(47)61)43-28-33-54-49(36-43)48-35-42(38-16-7-3-8-17-38)27-32-53(48)66(54)46-25-15-24-45(34-46)59-64-57(39-18-9-4-10-19-39)63-58(65-59)40-20-11-5-12-21-40/h3-11,13-20,22-37H,12,21H2,1-2H3. The van der Waals surface area contributed by atoms with Gasteiger partial charge in [0, 0.05) is 44.1 Å². The van der Waals surface area contributed by atoms with Crippen molar-refractivity contribution in [1.82, 2.24) is 24.5 Å². The minimum absolute atomic E-state index is 0.174. The predicted molar refractivity (Wildman–Crippen MR) is 278 cm³/mol. The topological polar surface area (TPSA) is 56.5 Å². The summed E-state index contributed by atoms with van der Waals surface area (Å²) in [5.41, 5.74) is 18.5. The van der Waals surface area contributed by atoms with Gasteiger partial charge in [-0.2, -0.15) is 0 Å². The van der Waals surface area contributed by atoms with Crippen molar-refractivity contribution in [3.63, 3.8) is 0 Å². The lowest BCUT2D eigenvalue weighted by Crippen LogP contribution is -2.14. The summed E-state index contributed by atoms with van der Waals surface area (Å²) in [6.07, 6.45) is 8.29. The first kappa shape index (κ1) is 39.3. The summed E-state index contributed by atoms with van der Waals surface area (Å²) < 4.78 is 3.66. The molecule has 0 radical (unpaired) electrons. The van der Waals surface area contributed by atoms with Crippen molar-refractivity contribution in [1.29, 1.82) is 0 Å². The van der Waals surface area contributed by atoms with E-state index in [9.17, 15) is 0 Å². The molecule has 2 aliphatic carbocycles. The molecule has 0 atom stereocenters. The van der Waals surface area contributed by atoms with Crippen LogP contribution in [0.5, 0.6) is 0 Å². The van der Waals surface area contributed by atoms with Crippen LogP contribution in [0.3, 0.4) is 0 Å². The monoisotopic (exact) mass is 877 g/mol. The summed E-state index contributed by atoms with van der Waals surface area (Å²) in [4.78, 5) is 20.3. The molecule has 13 rings (SSSR count). The van der Waals surface area contributed by atoms with E-state index >= 15 is 0 Å². The van der Waals surface area contributed by atoms with E-state index < -0.39 is 0 Å². The molecule has 67 heavy (non-hydrogen) atoms. The van der Waals surface area contributed by atoms with Crippen LogP contribution in [0.2, 0.25) is 0 Å². The highest BCUT2D eigenvalue weighted by atomic mass is 32.1. The van der Waals surface area contributed by atoms with Crippen LogP contribution in [0.1, 0.15) is 43.6 Å². The summed E-state index contributed by atoms with van der Waals surface area (Å²) >= 11 is 1.80. The number of rotatable bonds is 7. The second-order valence-electron chi connectivity index (χ2n) is 18.2. The number of allylic oxidation sites excluding steroid dienone is 4. The minimum atomic E-state index is -0.174. The summed E-state index contributed by atoms with van der Waals surface area (Å²) in [7, 11) is 0. The minimum Gasteiger partial charge on any atom is -0.309 e. The molecule has 3 aromatic heterocycles. The van der Waals surface area contributed by atoms with E-state index in [0.29, 0.717) is 11.6 Å². The third-order valence-corrected chi connectivity index (χ3v) is 14.9. The third kappa shape index (κ3) is 6.58. The van der Waals surface area contributed by atoms with Gasteiger partial charge in [0.25, 0.3) is 0 Å². The Bertz CT molecular complexity index is 3820. The van der Waals surface area contributed by atoms with Gasteiger partial charge >= 0.3 is 0 Å². The smallest absolute Gasteiger partial charge is 0.164 e. The molecule has 0 amide bonds. The molecule has 0 unspecified atom stereocenters. The third-order valence-electron chi connectivity index (χ3n) is 13.8. The highest BCUT2D eigenvalue weighted by molar-refractivity contribution is 7.22. The Balaban J connectivity index is 0.952. The average Bonchev–Trinajstić information content (AvgIpc) is 4.05. The highest BCUT2D eigenvalue weighted by Gasteiger charge is 2.37. The SMILES string of the molecule is CC1(C)c2cc(-c3ccc4c(c3)c3cc(-c5ccccc5)ccc3n4-c3cccc(-c4nc(C5=CC=CCC5)nc(-c5ccccc5)n4)c3)ccc2-c2c1ccc1nc(-c3ccccc3)sc21. The first-order chi connectivity index (χ1) is 32.9. The van der Waals surface area contributed by atoms with Crippen LogP contribution in [0.15, 0.2) is 200 Å². The number of benzene rings is 8. The fraction of sp³-hybridized carbons (Fsp3) is 0.0820. The van der Waals surface area contributed by atoms with E-state index in [1.54, 1.807) is 11.3 Å². The van der Waals surface area contributed by atoms with Crippen molar-refractivity contribution < 1.29 is 0 Å². The molecule has 0 fully saturated rings. The Labute approximate surface area is 393 Å². The van der Waals surface area contributed by atoms with Gasteiger partial charge in [-0.05, 0) is 106 Å². The zero-order valence-corrected chi connectivity index (χ0v) is 37.9.